The van der Waals surface area contributed by atoms with Crippen molar-refractivity contribution in [1.29, 1.82) is 0 Å². The van der Waals surface area contributed by atoms with E-state index in [1.54, 1.807) is 6.07 Å². The molecule has 27 heavy (non-hydrogen) atoms. The molecule has 2 heterocycles. The summed E-state index contributed by atoms with van der Waals surface area (Å²) in [5, 5.41) is 4.89. The minimum Gasteiger partial charge on any atom is -0.298 e. The van der Waals surface area contributed by atoms with Crippen LogP contribution in [0.2, 0.25) is 5.02 Å². The van der Waals surface area contributed by atoms with Crippen LogP contribution in [0.3, 0.4) is 0 Å². The molecular formula is C21H16ClN3OS. The van der Waals surface area contributed by atoms with Crippen LogP contribution in [0, 0.1) is 13.8 Å². The highest BCUT2D eigenvalue weighted by molar-refractivity contribution is 7.15. The average molecular weight is 394 g/mol. The fourth-order valence-electron chi connectivity index (χ4n) is 2.86. The molecular weight excluding hydrogens is 378 g/mol. The van der Waals surface area contributed by atoms with Crippen LogP contribution >= 0.6 is 22.9 Å². The van der Waals surface area contributed by atoms with E-state index in [1.165, 1.54) is 11.3 Å². The van der Waals surface area contributed by atoms with E-state index in [-0.39, 0.29) is 5.91 Å². The van der Waals surface area contributed by atoms with Gasteiger partial charge < -0.3 is 0 Å². The van der Waals surface area contributed by atoms with E-state index in [4.69, 9.17) is 16.6 Å². The molecule has 0 aliphatic heterocycles. The molecule has 4 rings (SSSR count). The number of anilines is 1. The third kappa shape index (κ3) is 3.44. The van der Waals surface area contributed by atoms with Gasteiger partial charge >= 0.3 is 0 Å². The smallest absolute Gasteiger partial charge is 0.258 e. The molecule has 1 N–H and O–H groups in total. The van der Waals surface area contributed by atoms with Crippen LogP contribution in [0.5, 0.6) is 0 Å². The second-order valence-electron chi connectivity index (χ2n) is 6.17. The number of hydrogen-bond donors (Lipinski definition) is 1. The number of rotatable bonds is 3. The quantitative estimate of drug-likeness (QED) is 0.472. The van der Waals surface area contributed by atoms with Crippen LogP contribution < -0.4 is 5.32 Å². The Kier molecular flexibility index (Phi) is 4.64. The Morgan fingerprint density at radius 2 is 1.78 bits per heavy atom. The van der Waals surface area contributed by atoms with Gasteiger partial charge in [0.2, 0.25) is 0 Å². The average Bonchev–Trinajstić information content (AvgIpc) is 2.98. The van der Waals surface area contributed by atoms with Crippen molar-refractivity contribution in [2.45, 2.75) is 13.8 Å². The lowest BCUT2D eigenvalue weighted by Gasteiger charge is -2.10. The maximum Gasteiger partial charge on any atom is 0.258 e. The first-order valence-electron chi connectivity index (χ1n) is 8.43. The van der Waals surface area contributed by atoms with Gasteiger partial charge in [-0.2, -0.15) is 0 Å². The number of carbonyl (C=O) groups is 1. The summed E-state index contributed by atoms with van der Waals surface area (Å²) in [6.07, 6.45) is 0. The molecule has 4 nitrogen and oxygen atoms in total. The van der Waals surface area contributed by atoms with Crippen LogP contribution in [0.15, 0.2) is 54.6 Å². The minimum absolute atomic E-state index is 0.212. The minimum atomic E-state index is -0.212. The molecule has 0 fully saturated rings. The molecule has 134 valence electrons. The maximum atomic E-state index is 13.0. The maximum absolute atomic E-state index is 13.0. The van der Waals surface area contributed by atoms with E-state index in [0.717, 1.165) is 27.0 Å². The second-order valence-corrected chi connectivity index (χ2v) is 7.78. The topological polar surface area (TPSA) is 54.9 Å². The molecule has 0 radical (unpaired) electrons. The highest BCUT2D eigenvalue weighted by atomic mass is 35.5. The number of para-hydroxylation sites is 1. The van der Waals surface area contributed by atoms with Crippen LogP contribution in [-0.4, -0.2) is 15.9 Å². The van der Waals surface area contributed by atoms with Crippen LogP contribution in [0.4, 0.5) is 5.13 Å². The van der Waals surface area contributed by atoms with Crippen molar-refractivity contribution in [3.05, 3.63) is 75.8 Å². The van der Waals surface area contributed by atoms with Crippen molar-refractivity contribution >= 4 is 44.9 Å². The zero-order valence-corrected chi connectivity index (χ0v) is 16.4. The number of halogens is 1. The monoisotopic (exact) mass is 393 g/mol. The largest absolute Gasteiger partial charge is 0.298 e. The van der Waals surface area contributed by atoms with Gasteiger partial charge in [-0.15, -0.1) is 11.3 Å². The summed E-state index contributed by atoms with van der Waals surface area (Å²) in [4.78, 5) is 23.2. The number of carbonyl (C=O) groups excluding carboxylic acids is 1. The molecule has 2 aromatic carbocycles. The third-order valence-corrected chi connectivity index (χ3v) is 5.68. The first-order valence-corrected chi connectivity index (χ1v) is 9.62. The Balaban J connectivity index is 1.83. The number of aromatic nitrogens is 2. The number of nitrogens with one attached hydrogen (secondary N) is 1. The van der Waals surface area contributed by atoms with Crippen molar-refractivity contribution < 1.29 is 4.79 Å². The van der Waals surface area contributed by atoms with Crippen molar-refractivity contribution in [2.24, 2.45) is 0 Å². The number of fused-ring (bicyclic) bond motifs is 1. The number of amides is 1. The standard InChI is InChI=1S/C21H16ClN3OS/c1-12-13(2)27-21(23-12)25-20(26)16-11-19(15-8-3-5-9-17(15)22)24-18-10-6-4-7-14(16)18/h3-11H,1-2H3,(H,23,25,26). The SMILES string of the molecule is Cc1nc(NC(=O)c2cc(-c3ccccc3Cl)nc3ccccc23)sc1C. The van der Waals surface area contributed by atoms with Gasteiger partial charge in [-0.25, -0.2) is 9.97 Å². The van der Waals surface area contributed by atoms with E-state index in [9.17, 15) is 4.79 Å². The molecule has 0 unspecified atom stereocenters. The summed E-state index contributed by atoms with van der Waals surface area (Å²) < 4.78 is 0. The van der Waals surface area contributed by atoms with Crippen LogP contribution in [0.1, 0.15) is 20.9 Å². The first kappa shape index (κ1) is 17.6. The van der Waals surface area contributed by atoms with Crippen LogP contribution in [-0.2, 0) is 0 Å². The fourth-order valence-corrected chi connectivity index (χ4v) is 3.90. The molecule has 2 aromatic heterocycles. The van der Waals surface area contributed by atoms with Gasteiger partial charge in [0.05, 0.1) is 22.5 Å². The van der Waals surface area contributed by atoms with E-state index in [2.05, 4.69) is 10.3 Å². The number of hydrogen-bond acceptors (Lipinski definition) is 4. The molecule has 6 heteroatoms. The Bertz CT molecular complexity index is 1150. The summed E-state index contributed by atoms with van der Waals surface area (Å²) in [6, 6.07) is 16.9. The molecule has 0 aliphatic rings. The highest BCUT2D eigenvalue weighted by Gasteiger charge is 2.16. The molecule has 0 aliphatic carbocycles. The number of aryl methyl sites for hydroxylation is 2. The normalized spacial score (nSPS) is 10.9. The summed E-state index contributed by atoms with van der Waals surface area (Å²) in [5.41, 5.74) is 3.66. The Hall–Kier alpha value is -2.76. The van der Waals surface area contributed by atoms with Gasteiger partial charge in [-0.3, -0.25) is 10.1 Å². The van der Waals surface area contributed by atoms with Crippen LogP contribution in [0.25, 0.3) is 22.2 Å². The second kappa shape index (κ2) is 7.10. The molecule has 0 saturated carbocycles. The summed E-state index contributed by atoms with van der Waals surface area (Å²) >= 11 is 7.81. The van der Waals surface area contributed by atoms with Gasteiger partial charge in [0.15, 0.2) is 5.13 Å². The van der Waals surface area contributed by atoms with Gasteiger partial charge in [-0.1, -0.05) is 48.0 Å². The lowest BCUT2D eigenvalue weighted by molar-refractivity contribution is 0.102. The Morgan fingerprint density at radius 3 is 2.52 bits per heavy atom. The number of pyridine rings is 1. The van der Waals surface area contributed by atoms with Crippen molar-refractivity contribution in [2.75, 3.05) is 5.32 Å². The highest BCUT2D eigenvalue weighted by Crippen LogP contribution is 2.30. The van der Waals surface area contributed by atoms with E-state index >= 15 is 0 Å². The van der Waals surface area contributed by atoms with Crippen molar-refractivity contribution in [1.82, 2.24) is 9.97 Å². The molecule has 0 bridgehead atoms. The van der Waals surface area contributed by atoms with Crippen molar-refractivity contribution in [3.8, 4) is 11.3 Å². The Morgan fingerprint density at radius 1 is 1.04 bits per heavy atom. The fraction of sp³-hybridized carbons (Fsp3) is 0.0952. The van der Waals surface area contributed by atoms with Gasteiger partial charge in [0, 0.05) is 20.8 Å². The predicted molar refractivity (Wildman–Crippen MR) is 112 cm³/mol. The number of benzene rings is 2. The molecule has 0 saturated heterocycles. The zero-order chi connectivity index (χ0) is 19.0. The Labute approximate surface area is 165 Å². The summed E-state index contributed by atoms with van der Waals surface area (Å²) in [7, 11) is 0. The molecule has 4 aromatic rings. The van der Waals surface area contributed by atoms with E-state index in [0.29, 0.717) is 21.4 Å². The van der Waals surface area contributed by atoms with Gasteiger partial charge in [0.25, 0.3) is 5.91 Å². The summed E-state index contributed by atoms with van der Waals surface area (Å²) in [5.74, 6) is -0.212. The number of thiazole rings is 1. The zero-order valence-electron chi connectivity index (χ0n) is 14.8. The first-order chi connectivity index (χ1) is 13.0. The summed E-state index contributed by atoms with van der Waals surface area (Å²) in [6.45, 7) is 3.92. The molecule has 0 atom stereocenters. The van der Waals surface area contributed by atoms with E-state index < -0.39 is 0 Å². The third-order valence-electron chi connectivity index (χ3n) is 4.36. The lowest BCUT2D eigenvalue weighted by atomic mass is 10.0. The van der Waals surface area contributed by atoms with Crippen molar-refractivity contribution in [3.63, 3.8) is 0 Å². The molecule has 1 amide bonds. The number of nitrogens with zero attached hydrogens (tertiary/aromatic N) is 2. The predicted octanol–water partition coefficient (Wildman–Crippen LogP) is 5.88. The van der Waals surface area contributed by atoms with Gasteiger partial charge in [0.1, 0.15) is 0 Å². The molecule has 0 spiro atoms. The van der Waals surface area contributed by atoms with Gasteiger partial charge in [-0.05, 0) is 32.0 Å². The lowest BCUT2D eigenvalue weighted by Crippen LogP contribution is -2.13. The van der Waals surface area contributed by atoms with E-state index in [1.807, 2.05) is 62.4 Å².